The van der Waals surface area contributed by atoms with E-state index in [2.05, 4.69) is 9.97 Å². The summed E-state index contributed by atoms with van der Waals surface area (Å²) in [4.78, 5) is 8.00. The molecule has 0 bridgehead atoms. The summed E-state index contributed by atoms with van der Waals surface area (Å²) in [6, 6.07) is 1.48. The predicted octanol–water partition coefficient (Wildman–Crippen LogP) is 1.93. The Kier molecular flexibility index (Phi) is 2.07. The van der Waals surface area contributed by atoms with Gasteiger partial charge >= 0.3 is 0 Å². The lowest BCUT2D eigenvalue weighted by atomic mass is 9.83. The molecular weight excluding hydrogens is 193 g/mol. The SMILES string of the molecule is Nc1cc(Cl)nc(C2CC(F)C2)n1. The second kappa shape index (κ2) is 3.10. The molecule has 1 aromatic rings. The van der Waals surface area contributed by atoms with Crippen molar-refractivity contribution in [1.82, 2.24) is 9.97 Å². The number of nitrogens with zero attached hydrogens (tertiary/aromatic N) is 2. The second-order valence-electron chi connectivity index (χ2n) is 3.24. The van der Waals surface area contributed by atoms with Crippen molar-refractivity contribution in [1.29, 1.82) is 0 Å². The first kappa shape index (κ1) is 8.69. The van der Waals surface area contributed by atoms with E-state index in [1.807, 2.05) is 0 Å². The fourth-order valence-corrected chi connectivity index (χ4v) is 1.59. The molecule has 2 N–H and O–H groups in total. The zero-order valence-electron chi connectivity index (χ0n) is 6.87. The van der Waals surface area contributed by atoms with E-state index in [4.69, 9.17) is 17.3 Å². The first-order valence-corrected chi connectivity index (χ1v) is 4.47. The van der Waals surface area contributed by atoms with Crippen molar-refractivity contribution >= 4 is 17.4 Å². The molecule has 13 heavy (non-hydrogen) atoms. The topological polar surface area (TPSA) is 51.8 Å². The maximum atomic E-state index is 12.5. The van der Waals surface area contributed by atoms with Crippen molar-refractivity contribution in [3.8, 4) is 0 Å². The van der Waals surface area contributed by atoms with Gasteiger partial charge in [-0.15, -0.1) is 0 Å². The summed E-state index contributed by atoms with van der Waals surface area (Å²) >= 11 is 5.69. The monoisotopic (exact) mass is 201 g/mol. The minimum absolute atomic E-state index is 0.0935. The Morgan fingerprint density at radius 3 is 2.69 bits per heavy atom. The summed E-state index contributed by atoms with van der Waals surface area (Å²) in [6.45, 7) is 0. The molecule has 1 heterocycles. The molecule has 1 saturated carbocycles. The van der Waals surface area contributed by atoms with E-state index in [-0.39, 0.29) is 5.92 Å². The van der Waals surface area contributed by atoms with Crippen LogP contribution in [0.4, 0.5) is 10.2 Å². The van der Waals surface area contributed by atoms with Crippen molar-refractivity contribution in [3.05, 3.63) is 17.0 Å². The smallest absolute Gasteiger partial charge is 0.135 e. The molecule has 1 aromatic heterocycles. The van der Waals surface area contributed by atoms with Gasteiger partial charge in [0.05, 0.1) is 0 Å². The molecule has 1 aliphatic carbocycles. The average Bonchev–Trinajstić information content (AvgIpc) is 1.96. The van der Waals surface area contributed by atoms with Gasteiger partial charge in [0.15, 0.2) is 0 Å². The van der Waals surface area contributed by atoms with Gasteiger partial charge in [-0.3, -0.25) is 0 Å². The van der Waals surface area contributed by atoms with Crippen LogP contribution in [0.3, 0.4) is 0 Å². The van der Waals surface area contributed by atoms with Crippen molar-refractivity contribution in [3.63, 3.8) is 0 Å². The molecule has 0 unspecified atom stereocenters. The predicted molar refractivity (Wildman–Crippen MR) is 48.3 cm³/mol. The molecule has 0 spiro atoms. The molecule has 0 aromatic carbocycles. The third kappa shape index (κ3) is 1.72. The van der Waals surface area contributed by atoms with E-state index in [1.165, 1.54) is 6.07 Å². The highest BCUT2D eigenvalue weighted by atomic mass is 35.5. The molecule has 2 rings (SSSR count). The lowest BCUT2D eigenvalue weighted by Crippen LogP contribution is -2.24. The highest BCUT2D eigenvalue weighted by molar-refractivity contribution is 6.29. The van der Waals surface area contributed by atoms with Crippen molar-refractivity contribution < 1.29 is 4.39 Å². The van der Waals surface area contributed by atoms with Crippen LogP contribution in [-0.2, 0) is 0 Å². The van der Waals surface area contributed by atoms with Crippen LogP contribution in [0.1, 0.15) is 24.6 Å². The lowest BCUT2D eigenvalue weighted by molar-refractivity contribution is 0.174. The van der Waals surface area contributed by atoms with E-state index in [9.17, 15) is 4.39 Å². The first-order valence-electron chi connectivity index (χ1n) is 4.09. The van der Waals surface area contributed by atoms with Crippen LogP contribution >= 0.6 is 11.6 Å². The van der Waals surface area contributed by atoms with Crippen molar-refractivity contribution in [2.75, 3.05) is 5.73 Å². The second-order valence-corrected chi connectivity index (χ2v) is 3.63. The summed E-state index contributed by atoms with van der Waals surface area (Å²) < 4.78 is 12.5. The standard InChI is InChI=1S/C8H9ClFN3/c9-6-3-7(11)13-8(12-6)4-1-5(10)2-4/h3-5H,1-2H2,(H2,11,12,13). The molecule has 0 radical (unpaired) electrons. The van der Waals surface area contributed by atoms with Gasteiger partial charge in [-0.1, -0.05) is 11.6 Å². The molecule has 0 aliphatic heterocycles. The minimum Gasteiger partial charge on any atom is -0.384 e. The maximum absolute atomic E-state index is 12.5. The van der Waals surface area contributed by atoms with Gasteiger partial charge < -0.3 is 5.73 Å². The van der Waals surface area contributed by atoms with E-state index >= 15 is 0 Å². The number of aromatic nitrogens is 2. The van der Waals surface area contributed by atoms with Gasteiger partial charge in [-0.05, 0) is 12.8 Å². The minimum atomic E-state index is -0.714. The Labute approximate surface area is 80.1 Å². The lowest BCUT2D eigenvalue weighted by Gasteiger charge is -2.28. The first-order chi connectivity index (χ1) is 6.15. The van der Waals surface area contributed by atoms with Crippen LogP contribution in [0.5, 0.6) is 0 Å². The van der Waals surface area contributed by atoms with E-state index < -0.39 is 6.17 Å². The number of nitrogens with two attached hydrogens (primary N) is 1. The molecule has 0 saturated heterocycles. The van der Waals surface area contributed by atoms with Gasteiger partial charge in [-0.25, -0.2) is 14.4 Å². The Morgan fingerprint density at radius 2 is 2.15 bits per heavy atom. The summed E-state index contributed by atoms with van der Waals surface area (Å²) in [5.41, 5.74) is 5.48. The molecule has 3 nitrogen and oxygen atoms in total. The van der Waals surface area contributed by atoms with Gasteiger partial charge in [0.2, 0.25) is 0 Å². The number of halogens is 2. The zero-order valence-corrected chi connectivity index (χ0v) is 7.63. The number of hydrogen-bond donors (Lipinski definition) is 1. The van der Waals surface area contributed by atoms with Crippen LogP contribution in [0.15, 0.2) is 6.07 Å². The summed E-state index contributed by atoms with van der Waals surface area (Å²) in [7, 11) is 0. The third-order valence-electron chi connectivity index (χ3n) is 2.18. The molecule has 70 valence electrons. The van der Waals surface area contributed by atoms with Gasteiger partial charge in [0, 0.05) is 12.0 Å². The summed E-state index contributed by atoms with van der Waals surface area (Å²) in [5.74, 6) is 1.01. The highest BCUT2D eigenvalue weighted by Crippen LogP contribution is 2.37. The van der Waals surface area contributed by atoms with Crippen molar-refractivity contribution in [2.45, 2.75) is 24.9 Å². The Hall–Kier alpha value is -0.900. The van der Waals surface area contributed by atoms with E-state index in [0.717, 1.165) is 0 Å². The largest absolute Gasteiger partial charge is 0.384 e. The number of rotatable bonds is 1. The van der Waals surface area contributed by atoms with Crippen molar-refractivity contribution in [2.24, 2.45) is 0 Å². The van der Waals surface area contributed by atoms with Gasteiger partial charge in [0.1, 0.15) is 23.0 Å². The van der Waals surface area contributed by atoms with Crippen LogP contribution in [-0.4, -0.2) is 16.1 Å². The molecule has 0 amide bonds. The third-order valence-corrected chi connectivity index (χ3v) is 2.37. The molecule has 1 aliphatic rings. The number of anilines is 1. The van der Waals surface area contributed by atoms with Crippen LogP contribution in [0.25, 0.3) is 0 Å². The molecule has 5 heteroatoms. The number of hydrogen-bond acceptors (Lipinski definition) is 3. The van der Waals surface area contributed by atoms with Gasteiger partial charge in [-0.2, -0.15) is 0 Å². The number of nitrogen functional groups attached to an aromatic ring is 1. The fraction of sp³-hybridized carbons (Fsp3) is 0.500. The molecular formula is C8H9ClFN3. The van der Waals surface area contributed by atoms with Crippen LogP contribution in [0, 0.1) is 0 Å². The number of alkyl halides is 1. The molecule has 1 fully saturated rings. The van der Waals surface area contributed by atoms with E-state index in [0.29, 0.717) is 29.6 Å². The average molecular weight is 202 g/mol. The van der Waals surface area contributed by atoms with Gasteiger partial charge in [0.25, 0.3) is 0 Å². The fourth-order valence-electron chi connectivity index (χ4n) is 1.40. The Bertz CT molecular complexity index is 305. The zero-order chi connectivity index (χ0) is 9.42. The highest BCUT2D eigenvalue weighted by Gasteiger charge is 2.32. The normalized spacial score (nSPS) is 26.9. The van der Waals surface area contributed by atoms with Crippen LogP contribution in [0.2, 0.25) is 5.15 Å². The summed E-state index contributed by atoms with van der Waals surface area (Å²) in [6.07, 6.45) is 0.258. The Balaban J connectivity index is 2.21. The van der Waals surface area contributed by atoms with E-state index in [1.54, 1.807) is 0 Å². The molecule has 0 atom stereocenters. The quantitative estimate of drug-likeness (QED) is 0.707. The summed E-state index contributed by atoms with van der Waals surface area (Å²) in [5, 5.41) is 0.324. The Morgan fingerprint density at radius 1 is 1.46 bits per heavy atom. The maximum Gasteiger partial charge on any atom is 0.135 e. The van der Waals surface area contributed by atoms with Crippen LogP contribution < -0.4 is 5.73 Å².